The third kappa shape index (κ3) is 5.27. The molecule has 3 fully saturated rings. The number of halogens is 2. The standard InChI is InChI=1S/C28H37Cl2N5O2/c1-16-5-6-22(23(29)11-16)17(2)31-25-24(30)18(3)32-27(33-25)35-10-8-20(15-35)19-7-9-34(14-19)21-12-28(4,13-21)26(36)37/h5-6,11,17,19-21H,7-10,12-15H2,1-4H3,(H,36,37)(H,31,32,33)/t17-,19?,20?,21?,28?/m1/s1. The number of aryl methyl sites for hydroxylation is 2. The Balaban J connectivity index is 1.22. The molecular formula is C28H37Cl2N5O2. The number of rotatable bonds is 7. The first-order chi connectivity index (χ1) is 17.5. The lowest BCUT2D eigenvalue weighted by atomic mass is 9.66. The highest BCUT2D eigenvalue weighted by atomic mass is 35.5. The topological polar surface area (TPSA) is 81.6 Å². The minimum absolute atomic E-state index is 0.0574. The molecule has 2 aliphatic heterocycles. The van der Waals surface area contributed by atoms with E-state index >= 15 is 0 Å². The van der Waals surface area contributed by atoms with Gasteiger partial charge < -0.3 is 20.2 Å². The molecule has 3 aliphatic rings. The van der Waals surface area contributed by atoms with E-state index in [4.69, 9.17) is 33.2 Å². The number of hydrogen-bond acceptors (Lipinski definition) is 6. The minimum Gasteiger partial charge on any atom is -0.481 e. The highest BCUT2D eigenvalue weighted by molar-refractivity contribution is 6.33. The SMILES string of the molecule is Cc1ccc([C@@H](C)Nc2nc(N3CCC(C4CCN(C5CC(C)(C(=O)O)C5)C4)C3)nc(C)c2Cl)c(Cl)c1. The van der Waals surface area contributed by atoms with E-state index in [0.717, 1.165) is 73.2 Å². The average molecular weight is 547 g/mol. The van der Waals surface area contributed by atoms with Crippen molar-refractivity contribution in [2.75, 3.05) is 36.4 Å². The second-order valence-corrected chi connectivity index (χ2v) is 12.4. The lowest BCUT2D eigenvalue weighted by Crippen LogP contribution is -2.52. The van der Waals surface area contributed by atoms with Gasteiger partial charge in [-0.15, -0.1) is 0 Å². The number of nitrogens with one attached hydrogen (secondary N) is 1. The van der Waals surface area contributed by atoms with Gasteiger partial charge in [-0.3, -0.25) is 4.79 Å². The van der Waals surface area contributed by atoms with Crippen LogP contribution in [-0.2, 0) is 4.79 Å². The predicted molar refractivity (Wildman–Crippen MR) is 149 cm³/mol. The van der Waals surface area contributed by atoms with Crippen molar-refractivity contribution >= 4 is 40.9 Å². The number of benzene rings is 1. The van der Waals surface area contributed by atoms with E-state index in [-0.39, 0.29) is 6.04 Å². The summed E-state index contributed by atoms with van der Waals surface area (Å²) in [7, 11) is 0. The summed E-state index contributed by atoms with van der Waals surface area (Å²) in [5.41, 5.74) is 2.35. The number of aliphatic carboxylic acids is 1. The zero-order valence-electron chi connectivity index (χ0n) is 22.1. The van der Waals surface area contributed by atoms with E-state index in [0.29, 0.717) is 28.7 Å². The second kappa shape index (κ2) is 10.2. The molecule has 2 N–H and O–H groups in total. The normalized spacial score (nSPS) is 28.8. The third-order valence-electron chi connectivity index (χ3n) is 8.82. The molecule has 37 heavy (non-hydrogen) atoms. The number of carboxylic acid groups (broad SMARTS) is 1. The summed E-state index contributed by atoms with van der Waals surface area (Å²) in [4.78, 5) is 25.9. The first kappa shape index (κ1) is 26.5. The van der Waals surface area contributed by atoms with Crippen molar-refractivity contribution in [1.29, 1.82) is 0 Å². The number of nitrogens with zero attached hydrogens (tertiary/aromatic N) is 4. The predicted octanol–water partition coefficient (Wildman–Crippen LogP) is 5.97. The Morgan fingerprint density at radius 3 is 2.54 bits per heavy atom. The number of hydrogen-bond donors (Lipinski definition) is 2. The molecule has 1 saturated carbocycles. The molecule has 5 rings (SSSR count). The van der Waals surface area contributed by atoms with Crippen molar-refractivity contribution in [2.45, 2.75) is 65.5 Å². The molecule has 0 bridgehead atoms. The number of aromatic nitrogens is 2. The Bertz CT molecular complexity index is 1190. The summed E-state index contributed by atoms with van der Waals surface area (Å²) in [6.07, 6.45) is 3.84. The van der Waals surface area contributed by atoms with Gasteiger partial charge in [-0.2, -0.15) is 4.98 Å². The van der Waals surface area contributed by atoms with E-state index in [1.807, 2.05) is 32.9 Å². The van der Waals surface area contributed by atoms with E-state index < -0.39 is 11.4 Å². The van der Waals surface area contributed by atoms with E-state index in [1.54, 1.807) is 0 Å². The van der Waals surface area contributed by atoms with Gasteiger partial charge in [-0.1, -0.05) is 35.3 Å². The first-order valence-corrected chi connectivity index (χ1v) is 14.1. The van der Waals surface area contributed by atoms with Crippen LogP contribution in [0.1, 0.15) is 62.4 Å². The molecule has 9 heteroatoms. The van der Waals surface area contributed by atoms with Gasteiger partial charge in [0.15, 0.2) is 5.82 Å². The highest BCUT2D eigenvalue weighted by Crippen LogP contribution is 2.46. The molecule has 3 heterocycles. The van der Waals surface area contributed by atoms with Gasteiger partial charge >= 0.3 is 5.97 Å². The van der Waals surface area contributed by atoms with Crippen molar-refractivity contribution in [1.82, 2.24) is 14.9 Å². The monoisotopic (exact) mass is 545 g/mol. The summed E-state index contributed by atoms with van der Waals surface area (Å²) in [5.74, 6) is 1.93. The molecule has 0 radical (unpaired) electrons. The Labute approximate surface area is 229 Å². The maximum atomic E-state index is 11.5. The van der Waals surface area contributed by atoms with Crippen molar-refractivity contribution in [2.24, 2.45) is 17.3 Å². The summed E-state index contributed by atoms with van der Waals surface area (Å²) >= 11 is 13.1. The van der Waals surface area contributed by atoms with E-state index in [9.17, 15) is 9.90 Å². The van der Waals surface area contributed by atoms with Crippen LogP contribution in [0.15, 0.2) is 18.2 Å². The molecule has 1 aromatic heterocycles. The highest BCUT2D eigenvalue weighted by Gasteiger charge is 2.50. The van der Waals surface area contributed by atoms with Crippen LogP contribution in [0.2, 0.25) is 10.0 Å². The van der Waals surface area contributed by atoms with Crippen molar-refractivity contribution < 1.29 is 9.90 Å². The summed E-state index contributed by atoms with van der Waals surface area (Å²) < 4.78 is 0. The fraction of sp³-hybridized carbons (Fsp3) is 0.607. The zero-order valence-corrected chi connectivity index (χ0v) is 23.6. The Morgan fingerprint density at radius 2 is 1.84 bits per heavy atom. The number of anilines is 2. The van der Waals surface area contributed by atoms with Crippen LogP contribution in [-0.4, -0.2) is 58.2 Å². The quantitative estimate of drug-likeness (QED) is 0.443. The van der Waals surface area contributed by atoms with Crippen LogP contribution >= 0.6 is 23.2 Å². The molecule has 3 atom stereocenters. The fourth-order valence-corrected chi connectivity index (χ4v) is 6.88. The first-order valence-electron chi connectivity index (χ1n) is 13.3. The van der Waals surface area contributed by atoms with Crippen molar-refractivity contribution in [3.63, 3.8) is 0 Å². The lowest BCUT2D eigenvalue weighted by molar-refractivity contribution is -0.157. The molecule has 1 aromatic carbocycles. The Morgan fingerprint density at radius 1 is 1.14 bits per heavy atom. The third-order valence-corrected chi connectivity index (χ3v) is 9.60. The van der Waals surface area contributed by atoms with Crippen molar-refractivity contribution in [3.8, 4) is 0 Å². The van der Waals surface area contributed by atoms with Crippen LogP contribution in [0.5, 0.6) is 0 Å². The zero-order chi connectivity index (χ0) is 26.5. The van der Waals surface area contributed by atoms with Crippen molar-refractivity contribution in [3.05, 3.63) is 45.1 Å². The number of carboxylic acids is 1. The molecule has 2 unspecified atom stereocenters. The van der Waals surface area contributed by atoms with Gasteiger partial charge in [0, 0.05) is 30.7 Å². The van der Waals surface area contributed by atoms with Crippen LogP contribution < -0.4 is 10.2 Å². The average Bonchev–Trinajstić information content (AvgIpc) is 3.49. The van der Waals surface area contributed by atoms with Crippen LogP contribution in [0, 0.1) is 31.1 Å². The van der Waals surface area contributed by atoms with Crippen LogP contribution in [0.4, 0.5) is 11.8 Å². The molecule has 7 nitrogen and oxygen atoms in total. The number of carbonyl (C=O) groups is 1. The van der Waals surface area contributed by atoms with Gasteiger partial charge in [-0.05, 0) is 89.0 Å². The minimum atomic E-state index is -0.658. The van der Waals surface area contributed by atoms with Gasteiger partial charge in [0.05, 0.1) is 17.2 Å². The maximum absolute atomic E-state index is 11.5. The molecule has 200 valence electrons. The molecule has 2 aromatic rings. The van der Waals surface area contributed by atoms with Gasteiger partial charge in [-0.25, -0.2) is 4.98 Å². The van der Waals surface area contributed by atoms with Gasteiger partial charge in [0.25, 0.3) is 0 Å². The molecule has 0 spiro atoms. The van der Waals surface area contributed by atoms with E-state index in [2.05, 4.69) is 28.1 Å². The van der Waals surface area contributed by atoms with E-state index in [1.165, 1.54) is 6.42 Å². The largest absolute Gasteiger partial charge is 0.481 e. The van der Waals surface area contributed by atoms with Gasteiger partial charge in [0.2, 0.25) is 5.95 Å². The van der Waals surface area contributed by atoms with Crippen LogP contribution in [0.3, 0.4) is 0 Å². The molecule has 0 amide bonds. The molecular weight excluding hydrogens is 509 g/mol. The van der Waals surface area contributed by atoms with Gasteiger partial charge in [0.1, 0.15) is 5.02 Å². The summed E-state index contributed by atoms with van der Waals surface area (Å²) in [5, 5.41) is 14.2. The Hall–Kier alpha value is -2.09. The molecule has 2 saturated heterocycles. The number of likely N-dealkylation sites (tertiary alicyclic amines) is 1. The second-order valence-electron chi connectivity index (χ2n) is 11.6. The lowest BCUT2D eigenvalue weighted by Gasteiger charge is -2.46. The Kier molecular flexibility index (Phi) is 7.33. The maximum Gasteiger partial charge on any atom is 0.309 e. The summed E-state index contributed by atoms with van der Waals surface area (Å²) in [6, 6.07) is 6.43. The molecule has 1 aliphatic carbocycles. The smallest absolute Gasteiger partial charge is 0.309 e. The fourth-order valence-electron chi connectivity index (χ4n) is 6.35. The summed E-state index contributed by atoms with van der Waals surface area (Å²) in [6.45, 7) is 11.9. The van der Waals surface area contributed by atoms with Crippen LogP contribution in [0.25, 0.3) is 0 Å².